The molecule has 0 amide bonds. The van der Waals surface area contributed by atoms with Crippen LogP contribution in [0.3, 0.4) is 0 Å². The highest BCUT2D eigenvalue weighted by Gasteiger charge is 2.18. The largest absolute Gasteiger partial charge is 0.496 e. The van der Waals surface area contributed by atoms with Crippen molar-refractivity contribution in [3.8, 4) is 16.9 Å². The molecule has 0 radical (unpaired) electrons. The Morgan fingerprint density at radius 3 is 2.72 bits per heavy atom. The number of ether oxygens (including phenoxy) is 1. The van der Waals surface area contributed by atoms with Crippen molar-refractivity contribution in [2.45, 2.75) is 20.4 Å². The van der Waals surface area contributed by atoms with Gasteiger partial charge in [-0.2, -0.15) is 0 Å². The molecule has 0 saturated heterocycles. The number of furan rings is 1. The van der Waals surface area contributed by atoms with Gasteiger partial charge in [-0.1, -0.05) is 6.07 Å². The molecular weight excluding hydrogens is 392 g/mol. The number of aromatic carboxylic acids is 1. The fourth-order valence-corrected chi connectivity index (χ4v) is 4.38. The molecule has 4 rings (SSSR count). The van der Waals surface area contributed by atoms with E-state index in [1.54, 1.807) is 13.2 Å². The van der Waals surface area contributed by atoms with Crippen molar-refractivity contribution in [2.75, 3.05) is 7.11 Å². The van der Waals surface area contributed by atoms with E-state index in [9.17, 15) is 9.59 Å². The monoisotopic (exact) mass is 410 g/mol. The maximum absolute atomic E-state index is 13.2. The maximum Gasteiger partial charge on any atom is 0.371 e. The van der Waals surface area contributed by atoms with Crippen LogP contribution >= 0.6 is 11.3 Å². The van der Waals surface area contributed by atoms with Gasteiger partial charge in [0.1, 0.15) is 16.3 Å². The second kappa shape index (κ2) is 7.21. The molecule has 0 unspecified atom stereocenters. The van der Waals surface area contributed by atoms with E-state index in [0.29, 0.717) is 16.0 Å². The smallest absolute Gasteiger partial charge is 0.371 e. The molecule has 0 saturated carbocycles. The van der Waals surface area contributed by atoms with Gasteiger partial charge in [0, 0.05) is 10.4 Å². The first kappa shape index (κ1) is 18.9. The number of thiophene rings is 1. The number of hydrogen-bond acceptors (Lipinski definition) is 6. The first-order valence-electron chi connectivity index (χ1n) is 8.84. The lowest BCUT2D eigenvalue weighted by Crippen LogP contribution is -2.20. The third-order valence-electron chi connectivity index (χ3n) is 4.74. The number of benzene rings is 1. The van der Waals surface area contributed by atoms with E-state index in [0.717, 1.165) is 27.3 Å². The van der Waals surface area contributed by atoms with Crippen LogP contribution in [0.4, 0.5) is 0 Å². The van der Waals surface area contributed by atoms with Crippen molar-refractivity contribution in [3.05, 3.63) is 69.0 Å². The minimum absolute atomic E-state index is 0.102. The summed E-state index contributed by atoms with van der Waals surface area (Å²) in [6.07, 6.45) is 1.46. The van der Waals surface area contributed by atoms with Gasteiger partial charge >= 0.3 is 5.97 Å². The number of carboxylic acids is 1. The van der Waals surface area contributed by atoms with Gasteiger partial charge in [-0.3, -0.25) is 9.36 Å². The summed E-state index contributed by atoms with van der Waals surface area (Å²) in [5.74, 6) is -0.154. The molecule has 0 fully saturated rings. The van der Waals surface area contributed by atoms with Crippen molar-refractivity contribution in [1.82, 2.24) is 9.55 Å². The summed E-state index contributed by atoms with van der Waals surface area (Å²) in [7, 11) is 1.63. The summed E-state index contributed by atoms with van der Waals surface area (Å²) in [6.45, 7) is 4.03. The third kappa shape index (κ3) is 3.31. The van der Waals surface area contributed by atoms with Crippen molar-refractivity contribution >= 4 is 27.5 Å². The molecule has 8 heteroatoms. The molecule has 0 aliphatic carbocycles. The van der Waals surface area contributed by atoms with Crippen molar-refractivity contribution in [1.29, 1.82) is 0 Å². The van der Waals surface area contributed by atoms with E-state index in [1.807, 2.05) is 32.0 Å². The van der Waals surface area contributed by atoms with Gasteiger partial charge in [-0.15, -0.1) is 11.3 Å². The number of aromatic nitrogens is 2. The van der Waals surface area contributed by atoms with Crippen LogP contribution in [0.5, 0.6) is 5.75 Å². The lowest BCUT2D eigenvalue weighted by atomic mass is 10.0. The lowest BCUT2D eigenvalue weighted by Gasteiger charge is -2.08. The minimum Gasteiger partial charge on any atom is -0.496 e. The summed E-state index contributed by atoms with van der Waals surface area (Å²) in [6, 6.07) is 8.74. The zero-order valence-corrected chi connectivity index (χ0v) is 16.9. The van der Waals surface area contributed by atoms with E-state index in [1.165, 1.54) is 28.3 Å². The molecule has 4 aromatic rings. The molecule has 0 aliphatic rings. The molecule has 3 aromatic heterocycles. The van der Waals surface area contributed by atoms with Crippen LogP contribution in [0.15, 0.2) is 45.9 Å². The van der Waals surface area contributed by atoms with Gasteiger partial charge in [0.05, 0.1) is 25.4 Å². The fraction of sp³-hybridized carbons (Fsp3) is 0.190. The summed E-state index contributed by atoms with van der Waals surface area (Å²) >= 11 is 1.47. The Labute approximate surface area is 169 Å². The summed E-state index contributed by atoms with van der Waals surface area (Å²) < 4.78 is 12.0. The average molecular weight is 410 g/mol. The Morgan fingerprint density at radius 1 is 1.28 bits per heavy atom. The minimum atomic E-state index is -1.15. The lowest BCUT2D eigenvalue weighted by molar-refractivity contribution is 0.0660. The number of aryl methyl sites for hydroxylation is 2. The number of nitrogens with zero attached hydrogens (tertiary/aromatic N) is 2. The standard InChI is InChI=1S/C21H18N2O5S/c1-11-8-13(4-6-15(11)27-3)17-12(2)29-19-18(17)20(24)23(10-22-19)9-14-5-7-16(28-14)21(25)26/h4-8,10H,9H2,1-3H3,(H,25,26). The first-order chi connectivity index (χ1) is 13.9. The molecule has 0 atom stereocenters. The van der Waals surface area contributed by atoms with Gasteiger partial charge in [-0.25, -0.2) is 9.78 Å². The highest BCUT2D eigenvalue weighted by Crippen LogP contribution is 2.37. The number of carbonyl (C=O) groups is 1. The predicted octanol–water partition coefficient (Wildman–Crippen LogP) is 4.09. The molecule has 7 nitrogen and oxygen atoms in total. The molecular formula is C21H18N2O5S. The van der Waals surface area contributed by atoms with Crippen LogP contribution in [-0.2, 0) is 6.54 Å². The molecule has 0 bridgehead atoms. The van der Waals surface area contributed by atoms with E-state index in [4.69, 9.17) is 14.3 Å². The van der Waals surface area contributed by atoms with E-state index in [2.05, 4.69) is 4.98 Å². The van der Waals surface area contributed by atoms with Crippen LogP contribution in [0.25, 0.3) is 21.3 Å². The fourth-order valence-electron chi connectivity index (χ4n) is 3.38. The third-order valence-corrected chi connectivity index (χ3v) is 5.75. The van der Waals surface area contributed by atoms with Crippen LogP contribution < -0.4 is 10.3 Å². The molecule has 0 aliphatic heterocycles. The van der Waals surface area contributed by atoms with Gasteiger partial charge in [0.15, 0.2) is 0 Å². The SMILES string of the molecule is COc1ccc(-c2c(C)sc3ncn(Cc4ccc(C(=O)O)o4)c(=O)c23)cc1C. The van der Waals surface area contributed by atoms with Crippen LogP contribution in [-0.4, -0.2) is 27.7 Å². The molecule has 0 spiro atoms. The quantitative estimate of drug-likeness (QED) is 0.533. The second-order valence-corrected chi connectivity index (χ2v) is 7.85. The van der Waals surface area contributed by atoms with Gasteiger partial charge in [0.25, 0.3) is 5.56 Å². The number of carboxylic acid groups (broad SMARTS) is 1. The highest BCUT2D eigenvalue weighted by atomic mass is 32.1. The van der Waals surface area contributed by atoms with Gasteiger partial charge < -0.3 is 14.3 Å². The topological polar surface area (TPSA) is 94.6 Å². The van der Waals surface area contributed by atoms with Crippen molar-refractivity contribution < 1.29 is 19.1 Å². The van der Waals surface area contributed by atoms with E-state index < -0.39 is 5.97 Å². The predicted molar refractivity (Wildman–Crippen MR) is 110 cm³/mol. The number of rotatable bonds is 5. The van der Waals surface area contributed by atoms with Crippen LogP contribution in [0.1, 0.15) is 26.8 Å². The first-order valence-corrected chi connectivity index (χ1v) is 9.66. The Hall–Kier alpha value is -3.39. The molecule has 1 N–H and O–H groups in total. The number of fused-ring (bicyclic) bond motifs is 1. The van der Waals surface area contributed by atoms with E-state index >= 15 is 0 Å². The Kier molecular flexibility index (Phi) is 4.71. The maximum atomic E-state index is 13.2. The zero-order valence-electron chi connectivity index (χ0n) is 16.1. The molecule has 148 valence electrons. The van der Waals surface area contributed by atoms with Crippen LogP contribution in [0.2, 0.25) is 0 Å². The molecule has 1 aromatic carbocycles. The Morgan fingerprint density at radius 2 is 2.07 bits per heavy atom. The van der Waals surface area contributed by atoms with Crippen molar-refractivity contribution in [2.24, 2.45) is 0 Å². The Bertz CT molecular complexity index is 1300. The van der Waals surface area contributed by atoms with Crippen molar-refractivity contribution in [3.63, 3.8) is 0 Å². The second-order valence-electron chi connectivity index (χ2n) is 6.65. The summed E-state index contributed by atoms with van der Waals surface area (Å²) in [4.78, 5) is 30.3. The normalized spacial score (nSPS) is 11.1. The molecule has 29 heavy (non-hydrogen) atoms. The zero-order chi connectivity index (χ0) is 20.7. The Balaban J connectivity index is 1.83. The van der Waals surface area contributed by atoms with E-state index in [-0.39, 0.29) is 17.9 Å². The average Bonchev–Trinajstić information content (AvgIpc) is 3.28. The van der Waals surface area contributed by atoms with Gasteiger partial charge in [0.2, 0.25) is 5.76 Å². The highest BCUT2D eigenvalue weighted by molar-refractivity contribution is 7.19. The number of hydrogen-bond donors (Lipinski definition) is 1. The van der Waals surface area contributed by atoms with Crippen LogP contribution in [0, 0.1) is 13.8 Å². The van der Waals surface area contributed by atoms with Gasteiger partial charge in [-0.05, 0) is 49.2 Å². The number of methoxy groups -OCH3 is 1. The summed E-state index contributed by atoms with van der Waals surface area (Å²) in [5, 5.41) is 9.55. The summed E-state index contributed by atoms with van der Waals surface area (Å²) in [5.41, 5.74) is 2.56. The molecule has 3 heterocycles.